The van der Waals surface area contributed by atoms with Crippen molar-refractivity contribution in [3.8, 4) is 0 Å². The number of hydrogen-bond acceptors (Lipinski definition) is 3. The molecule has 0 fully saturated rings. The second-order valence-corrected chi connectivity index (χ2v) is 6.76. The minimum absolute atomic E-state index is 0.259. The highest BCUT2D eigenvalue weighted by molar-refractivity contribution is 7.89. The molecule has 0 aromatic heterocycles. The molecule has 0 aliphatic rings. The van der Waals surface area contributed by atoms with Gasteiger partial charge in [0.15, 0.2) is 0 Å². The second kappa shape index (κ2) is 6.21. The Balaban J connectivity index is 3.03. The number of nitrogens with two attached hydrogens (primary N) is 1. The molecule has 2 N–H and O–H groups in total. The molecule has 0 saturated heterocycles. The lowest BCUT2D eigenvalue weighted by atomic mass is 10.1. The van der Waals surface area contributed by atoms with Crippen LogP contribution in [0, 0.1) is 13.8 Å². The van der Waals surface area contributed by atoms with E-state index in [0.29, 0.717) is 12.2 Å². The van der Waals surface area contributed by atoms with Crippen molar-refractivity contribution in [3.05, 3.63) is 35.9 Å². The van der Waals surface area contributed by atoms with E-state index in [9.17, 15) is 8.42 Å². The van der Waals surface area contributed by atoms with E-state index in [2.05, 4.69) is 6.58 Å². The predicted octanol–water partition coefficient (Wildman–Crippen LogP) is 2.47. The van der Waals surface area contributed by atoms with E-state index in [1.54, 1.807) is 19.2 Å². The largest absolute Gasteiger partial charge is 0.398 e. The van der Waals surface area contributed by atoms with Crippen LogP contribution >= 0.6 is 0 Å². The highest BCUT2D eigenvalue weighted by Gasteiger charge is 2.21. The third kappa shape index (κ3) is 3.58. The fraction of sp³-hybridized carbons (Fsp3) is 0.429. The maximum Gasteiger partial charge on any atom is 0.242 e. The average molecular weight is 282 g/mol. The number of hydrogen-bond donors (Lipinski definition) is 1. The van der Waals surface area contributed by atoms with Crippen LogP contribution in [-0.2, 0) is 10.0 Å². The molecule has 0 heterocycles. The summed E-state index contributed by atoms with van der Waals surface area (Å²) in [6.45, 7) is 7.85. The molecule has 0 saturated carbocycles. The monoisotopic (exact) mass is 282 g/mol. The summed E-state index contributed by atoms with van der Waals surface area (Å²) in [4.78, 5) is 0.259. The molecule has 5 heteroatoms. The van der Waals surface area contributed by atoms with Crippen molar-refractivity contribution in [1.82, 2.24) is 4.31 Å². The van der Waals surface area contributed by atoms with Crippen LogP contribution in [0.25, 0.3) is 0 Å². The van der Waals surface area contributed by atoms with Crippen LogP contribution in [0.2, 0.25) is 0 Å². The number of unbranched alkanes of at least 4 members (excludes halogenated alkanes) is 1. The molecule has 4 nitrogen and oxygen atoms in total. The first-order chi connectivity index (χ1) is 8.80. The molecule has 0 spiro atoms. The first-order valence-corrected chi connectivity index (χ1v) is 7.68. The molecule has 0 unspecified atom stereocenters. The number of sulfonamides is 1. The van der Waals surface area contributed by atoms with Gasteiger partial charge in [0.1, 0.15) is 0 Å². The fourth-order valence-corrected chi connectivity index (χ4v) is 3.09. The first-order valence-electron chi connectivity index (χ1n) is 6.24. The third-order valence-corrected chi connectivity index (χ3v) is 5.11. The van der Waals surface area contributed by atoms with E-state index in [-0.39, 0.29) is 4.90 Å². The van der Waals surface area contributed by atoms with Crippen LogP contribution in [0.4, 0.5) is 5.69 Å². The van der Waals surface area contributed by atoms with Gasteiger partial charge in [0.2, 0.25) is 10.0 Å². The van der Waals surface area contributed by atoms with Gasteiger partial charge in [-0.1, -0.05) is 6.08 Å². The number of benzene rings is 1. The summed E-state index contributed by atoms with van der Waals surface area (Å²) in [7, 11) is -1.88. The Morgan fingerprint density at radius 1 is 1.37 bits per heavy atom. The number of nitrogen functional groups attached to an aromatic ring is 1. The van der Waals surface area contributed by atoms with E-state index in [1.165, 1.54) is 10.4 Å². The summed E-state index contributed by atoms with van der Waals surface area (Å²) < 4.78 is 26.1. The number of allylic oxidation sites excluding steroid dienone is 1. The van der Waals surface area contributed by atoms with Gasteiger partial charge in [0, 0.05) is 19.3 Å². The van der Waals surface area contributed by atoms with Crippen molar-refractivity contribution in [2.45, 2.75) is 31.6 Å². The Bertz CT molecular complexity index is 542. The molecule has 0 atom stereocenters. The summed E-state index contributed by atoms with van der Waals surface area (Å²) in [5.74, 6) is 0. The normalized spacial score (nSPS) is 11.8. The highest BCUT2D eigenvalue weighted by atomic mass is 32.2. The minimum Gasteiger partial charge on any atom is -0.398 e. The molecule has 0 aliphatic heterocycles. The van der Waals surface area contributed by atoms with Crippen molar-refractivity contribution in [3.63, 3.8) is 0 Å². The van der Waals surface area contributed by atoms with Gasteiger partial charge in [-0.05, 0) is 49.9 Å². The smallest absolute Gasteiger partial charge is 0.242 e. The summed E-state index contributed by atoms with van der Waals surface area (Å²) in [6.07, 6.45) is 3.35. The molecular formula is C14H22N2O2S. The van der Waals surface area contributed by atoms with Crippen LogP contribution in [0.5, 0.6) is 0 Å². The lowest BCUT2D eigenvalue weighted by molar-refractivity contribution is 0.463. The van der Waals surface area contributed by atoms with Gasteiger partial charge >= 0.3 is 0 Å². The maximum absolute atomic E-state index is 12.4. The Hall–Kier alpha value is -1.33. The first kappa shape index (κ1) is 15.7. The summed E-state index contributed by atoms with van der Waals surface area (Å²) >= 11 is 0. The zero-order chi connectivity index (χ0) is 14.6. The zero-order valence-electron chi connectivity index (χ0n) is 11.8. The van der Waals surface area contributed by atoms with Crippen LogP contribution in [-0.4, -0.2) is 26.3 Å². The Morgan fingerprint density at radius 2 is 2.00 bits per heavy atom. The molecular weight excluding hydrogens is 260 g/mol. The zero-order valence-corrected chi connectivity index (χ0v) is 12.6. The standard InChI is InChI=1S/C14H22N2O2S/c1-5-6-7-8-16(4)19(17,18)13-9-11(2)12(3)14(15)10-13/h5,9-10H,1,6-8,15H2,2-4H3. The van der Waals surface area contributed by atoms with Crippen LogP contribution < -0.4 is 5.73 Å². The molecule has 0 bridgehead atoms. The van der Waals surface area contributed by atoms with Gasteiger partial charge in [-0.15, -0.1) is 6.58 Å². The summed E-state index contributed by atoms with van der Waals surface area (Å²) in [5, 5.41) is 0. The van der Waals surface area contributed by atoms with E-state index in [0.717, 1.165) is 24.0 Å². The second-order valence-electron chi connectivity index (χ2n) is 4.71. The van der Waals surface area contributed by atoms with Crippen molar-refractivity contribution < 1.29 is 8.42 Å². The van der Waals surface area contributed by atoms with Gasteiger partial charge in [-0.3, -0.25) is 0 Å². The van der Waals surface area contributed by atoms with Crippen molar-refractivity contribution in [2.24, 2.45) is 0 Å². The van der Waals surface area contributed by atoms with Crippen molar-refractivity contribution >= 4 is 15.7 Å². The van der Waals surface area contributed by atoms with E-state index >= 15 is 0 Å². The Labute approximate surface area is 116 Å². The fourth-order valence-electron chi connectivity index (χ4n) is 1.76. The van der Waals surface area contributed by atoms with E-state index < -0.39 is 10.0 Å². The van der Waals surface area contributed by atoms with Gasteiger partial charge < -0.3 is 5.73 Å². The third-order valence-electron chi connectivity index (χ3n) is 3.27. The highest BCUT2D eigenvalue weighted by Crippen LogP contribution is 2.23. The number of nitrogens with zero attached hydrogens (tertiary/aromatic N) is 1. The van der Waals surface area contributed by atoms with Gasteiger partial charge in [-0.2, -0.15) is 0 Å². The Kier molecular flexibility index (Phi) is 5.14. The van der Waals surface area contributed by atoms with Gasteiger partial charge in [-0.25, -0.2) is 12.7 Å². The SMILES string of the molecule is C=CCCCN(C)S(=O)(=O)c1cc(C)c(C)c(N)c1. The summed E-state index contributed by atoms with van der Waals surface area (Å²) in [5.41, 5.74) is 8.17. The number of anilines is 1. The average Bonchev–Trinajstić information content (AvgIpc) is 2.35. The van der Waals surface area contributed by atoms with Crippen LogP contribution in [0.15, 0.2) is 29.7 Å². The van der Waals surface area contributed by atoms with Crippen LogP contribution in [0.1, 0.15) is 24.0 Å². The molecule has 1 aromatic rings. The summed E-state index contributed by atoms with van der Waals surface area (Å²) in [6, 6.07) is 3.20. The molecule has 0 radical (unpaired) electrons. The molecule has 0 amide bonds. The maximum atomic E-state index is 12.4. The van der Waals surface area contributed by atoms with E-state index in [1.807, 2.05) is 13.8 Å². The number of rotatable bonds is 6. The molecule has 1 aromatic carbocycles. The minimum atomic E-state index is -3.46. The lowest BCUT2D eigenvalue weighted by Gasteiger charge is -2.18. The van der Waals surface area contributed by atoms with Crippen molar-refractivity contribution in [1.29, 1.82) is 0 Å². The molecule has 0 aliphatic carbocycles. The Morgan fingerprint density at radius 3 is 2.53 bits per heavy atom. The topological polar surface area (TPSA) is 63.4 Å². The molecule has 19 heavy (non-hydrogen) atoms. The van der Waals surface area contributed by atoms with Gasteiger partial charge in [0.25, 0.3) is 0 Å². The van der Waals surface area contributed by atoms with Crippen LogP contribution in [0.3, 0.4) is 0 Å². The van der Waals surface area contributed by atoms with Gasteiger partial charge in [0.05, 0.1) is 4.90 Å². The van der Waals surface area contributed by atoms with E-state index in [4.69, 9.17) is 5.73 Å². The molecule has 106 valence electrons. The predicted molar refractivity (Wildman–Crippen MR) is 79.6 cm³/mol. The molecule has 1 rings (SSSR count). The van der Waals surface area contributed by atoms with Crippen molar-refractivity contribution in [2.75, 3.05) is 19.3 Å². The number of aryl methyl sites for hydroxylation is 1. The quantitative estimate of drug-likeness (QED) is 0.495. The lowest BCUT2D eigenvalue weighted by Crippen LogP contribution is -2.28.